The summed E-state index contributed by atoms with van der Waals surface area (Å²) in [6.45, 7) is 3.70. The van der Waals surface area contributed by atoms with Crippen LogP contribution in [0.5, 0.6) is 17.2 Å². The van der Waals surface area contributed by atoms with E-state index in [4.69, 9.17) is 9.47 Å². The van der Waals surface area contributed by atoms with Crippen molar-refractivity contribution in [3.05, 3.63) is 82.5 Å². The van der Waals surface area contributed by atoms with Crippen LogP contribution < -0.4 is 4.74 Å². The maximum Gasteiger partial charge on any atom is 0.331 e. The number of Topliss-reactive ketones (excluding diaryl/α,β-unsaturated/α-hetero) is 1. The Hall–Kier alpha value is -4.13. The minimum atomic E-state index is -1.06. The number of hydrogen-bond acceptors (Lipinski definition) is 7. The zero-order chi connectivity index (χ0) is 24.1. The SMILES string of the molecule is COc1ccc(/C=C/C(=O)OC(CC=C(C)C)C2=CC(=O)c3c(O)ccc(O)c3C2=O)cc1. The van der Waals surface area contributed by atoms with Gasteiger partial charge in [0.2, 0.25) is 0 Å². The summed E-state index contributed by atoms with van der Waals surface area (Å²) in [6.07, 6.45) is 4.71. The number of aromatic hydroxyl groups is 2. The predicted octanol–water partition coefficient (Wildman–Crippen LogP) is 4.39. The molecule has 2 N–H and O–H groups in total. The van der Waals surface area contributed by atoms with E-state index >= 15 is 0 Å². The minimum Gasteiger partial charge on any atom is -0.507 e. The van der Waals surface area contributed by atoms with Gasteiger partial charge in [-0.25, -0.2) is 4.79 Å². The molecule has 0 amide bonds. The Morgan fingerprint density at radius 1 is 1.00 bits per heavy atom. The first-order chi connectivity index (χ1) is 15.7. The molecule has 1 unspecified atom stereocenters. The van der Waals surface area contributed by atoms with Crippen molar-refractivity contribution in [2.24, 2.45) is 0 Å². The summed E-state index contributed by atoms with van der Waals surface area (Å²) < 4.78 is 10.6. The first-order valence-electron chi connectivity index (χ1n) is 10.2. The van der Waals surface area contributed by atoms with E-state index < -0.39 is 35.1 Å². The summed E-state index contributed by atoms with van der Waals surface area (Å²) in [7, 11) is 1.56. The molecule has 1 aliphatic carbocycles. The van der Waals surface area contributed by atoms with E-state index in [9.17, 15) is 24.6 Å². The number of methoxy groups -OCH3 is 1. The lowest BCUT2D eigenvalue weighted by Gasteiger charge is -2.23. The number of esters is 1. The van der Waals surface area contributed by atoms with E-state index in [-0.39, 0.29) is 23.1 Å². The van der Waals surface area contributed by atoms with Crippen LogP contribution in [0, 0.1) is 0 Å². The van der Waals surface area contributed by atoms with Gasteiger partial charge >= 0.3 is 5.97 Å². The molecule has 0 bridgehead atoms. The second-order valence-corrected chi connectivity index (χ2v) is 7.70. The zero-order valence-corrected chi connectivity index (χ0v) is 18.5. The molecule has 1 atom stereocenters. The number of phenols is 2. The molecule has 0 radical (unpaired) electrons. The molecule has 0 heterocycles. The molecule has 1 aliphatic rings. The summed E-state index contributed by atoms with van der Waals surface area (Å²) in [5.74, 6) is -2.20. The first-order valence-corrected chi connectivity index (χ1v) is 10.2. The van der Waals surface area contributed by atoms with Crippen molar-refractivity contribution in [2.75, 3.05) is 7.11 Å². The van der Waals surface area contributed by atoms with E-state index in [1.54, 1.807) is 43.5 Å². The third-order valence-corrected chi connectivity index (χ3v) is 5.06. The van der Waals surface area contributed by atoms with Gasteiger partial charge in [-0.3, -0.25) is 9.59 Å². The number of rotatable bonds is 7. The van der Waals surface area contributed by atoms with Gasteiger partial charge < -0.3 is 19.7 Å². The Morgan fingerprint density at radius 2 is 1.64 bits per heavy atom. The highest BCUT2D eigenvalue weighted by molar-refractivity contribution is 6.27. The number of allylic oxidation sites excluding steroid dienone is 2. The van der Waals surface area contributed by atoms with E-state index in [0.717, 1.165) is 29.3 Å². The predicted molar refractivity (Wildman–Crippen MR) is 122 cm³/mol. The fraction of sp³-hybridized carbons (Fsp3) is 0.192. The summed E-state index contributed by atoms with van der Waals surface area (Å²) in [5.41, 5.74) is 1.03. The molecular formula is C26H24O7. The molecule has 0 fully saturated rings. The summed E-state index contributed by atoms with van der Waals surface area (Å²) in [4.78, 5) is 38.3. The second kappa shape index (κ2) is 9.99. The van der Waals surface area contributed by atoms with E-state index in [2.05, 4.69) is 0 Å². The average molecular weight is 448 g/mol. The maximum atomic E-state index is 13.1. The number of fused-ring (bicyclic) bond motifs is 1. The van der Waals surface area contributed by atoms with Gasteiger partial charge in [-0.1, -0.05) is 23.8 Å². The standard InChI is InChI=1S/C26H24O7/c1-15(2)4-12-22(33-23(30)13-7-16-5-8-17(32-3)9-6-16)18-14-21(29)24-19(27)10-11-20(28)25(24)26(18)31/h4-11,13-14,22,27-28H,12H2,1-3H3/b13-7+. The number of ketones is 2. The van der Waals surface area contributed by atoms with Gasteiger partial charge in [0, 0.05) is 18.1 Å². The van der Waals surface area contributed by atoms with Crippen molar-refractivity contribution in [3.8, 4) is 17.2 Å². The van der Waals surface area contributed by atoms with Gasteiger partial charge in [0.1, 0.15) is 23.4 Å². The third-order valence-electron chi connectivity index (χ3n) is 5.06. The van der Waals surface area contributed by atoms with Crippen molar-refractivity contribution in [3.63, 3.8) is 0 Å². The Morgan fingerprint density at radius 3 is 2.24 bits per heavy atom. The van der Waals surface area contributed by atoms with E-state index in [1.807, 2.05) is 13.8 Å². The lowest BCUT2D eigenvalue weighted by Crippen LogP contribution is -2.28. The van der Waals surface area contributed by atoms with Crippen molar-refractivity contribution < 1.29 is 34.1 Å². The normalized spacial score (nSPS) is 13.8. The molecule has 3 rings (SSSR count). The van der Waals surface area contributed by atoms with Gasteiger partial charge in [0.15, 0.2) is 11.6 Å². The molecule has 7 heteroatoms. The van der Waals surface area contributed by atoms with Crippen LogP contribution in [0.15, 0.2) is 65.8 Å². The van der Waals surface area contributed by atoms with Crippen LogP contribution in [-0.2, 0) is 9.53 Å². The van der Waals surface area contributed by atoms with Crippen LogP contribution in [0.3, 0.4) is 0 Å². The molecular weight excluding hydrogens is 424 g/mol. The average Bonchev–Trinajstić information content (AvgIpc) is 2.79. The highest BCUT2D eigenvalue weighted by atomic mass is 16.5. The molecule has 2 aromatic rings. The fourth-order valence-corrected chi connectivity index (χ4v) is 3.36. The summed E-state index contributed by atoms with van der Waals surface area (Å²) in [6, 6.07) is 9.31. The zero-order valence-electron chi connectivity index (χ0n) is 18.5. The van der Waals surface area contributed by atoms with Crippen molar-refractivity contribution >= 4 is 23.6 Å². The highest BCUT2D eigenvalue weighted by Crippen LogP contribution is 2.36. The van der Waals surface area contributed by atoms with E-state index in [0.29, 0.717) is 5.75 Å². The van der Waals surface area contributed by atoms with Crippen LogP contribution in [0.1, 0.15) is 46.5 Å². The molecule has 0 saturated heterocycles. The van der Waals surface area contributed by atoms with Gasteiger partial charge in [-0.2, -0.15) is 0 Å². The molecule has 0 aromatic heterocycles. The van der Waals surface area contributed by atoms with Gasteiger partial charge in [-0.15, -0.1) is 0 Å². The number of carbonyl (C=O) groups is 3. The number of hydrogen-bond donors (Lipinski definition) is 2. The van der Waals surface area contributed by atoms with Crippen LogP contribution in [0.4, 0.5) is 0 Å². The molecule has 0 spiro atoms. The quantitative estimate of drug-likeness (QED) is 0.280. The van der Waals surface area contributed by atoms with Gasteiger partial charge in [0.25, 0.3) is 0 Å². The number of carbonyl (C=O) groups excluding carboxylic acids is 3. The smallest absolute Gasteiger partial charge is 0.331 e. The highest BCUT2D eigenvalue weighted by Gasteiger charge is 2.35. The Balaban J connectivity index is 1.88. The van der Waals surface area contributed by atoms with Crippen molar-refractivity contribution in [2.45, 2.75) is 26.4 Å². The van der Waals surface area contributed by atoms with Gasteiger partial charge in [-0.05, 0) is 55.8 Å². The Bertz CT molecular complexity index is 1180. The molecule has 7 nitrogen and oxygen atoms in total. The lowest BCUT2D eigenvalue weighted by atomic mass is 9.85. The van der Waals surface area contributed by atoms with Crippen molar-refractivity contribution in [1.29, 1.82) is 0 Å². The molecule has 2 aromatic carbocycles. The Labute approximate surface area is 191 Å². The monoisotopic (exact) mass is 448 g/mol. The fourth-order valence-electron chi connectivity index (χ4n) is 3.36. The molecule has 170 valence electrons. The van der Waals surface area contributed by atoms with E-state index in [1.165, 1.54) is 6.08 Å². The van der Waals surface area contributed by atoms with Crippen LogP contribution >= 0.6 is 0 Å². The third kappa shape index (κ3) is 5.38. The molecule has 0 saturated carbocycles. The van der Waals surface area contributed by atoms with Crippen LogP contribution in [-0.4, -0.2) is 41.0 Å². The molecule has 33 heavy (non-hydrogen) atoms. The van der Waals surface area contributed by atoms with Gasteiger partial charge in [0.05, 0.1) is 18.2 Å². The lowest BCUT2D eigenvalue weighted by molar-refractivity contribution is -0.140. The number of phenolic OH excluding ortho intramolecular Hbond substituents is 2. The molecule has 0 aliphatic heterocycles. The maximum absolute atomic E-state index is 13.1. The summed E-state index contributed by atoms with van der Waals surface area (Å²) >= 11 is 0. The number of benzene rings is 2. The first kappa shape index (κ1) is 23.5. The van der Waals surface area contributed by atoms with Crippen LogP contribution in [0.2, 0.25) is 0 Å². The van der Waals surface area contributed by atoms with Crippen LogP contribution in [0.25, 0.3) is 6.08 Å². The Kier molecular flexibility index (Phi) is 7.13. The topological polar surface area (TPSA) is 110 Å². The number of ether oxygens (including phenoxy) is 2. The largest absolute Gasteiger partial charge is 0.507 e. The summed E-state index contributed by atoms with van der Waals surface area (Å²) in [5, 5.41) is 20.2. The van der Waals surface area contributed by atoms with Crippen molar-refractivity contribution in [1.82, 2.24) is 0 Å². The minimum absolute atomic E-state index is 0.0721. The second-order valence-electron chi connectivity index (χ2n) is 7.70.